The van der Waals surface area contributed by atoms with E-state index in [0.29, 0.717) is 19.6 Å². The van der Waals surface area contributed by atoms with Crippen LogP contribution in [0.3, 0.4) is 0 Å². The Labute approximate surface area is 123 Å². The maximum atomic E-state index is 13.6. The molecule has 0 saturated carbocycles. The first-order chi connectivity index (χ1) is 10.0. The average Bonchev–Trinajstić information content (AvgIpc) is 2.47. The monoisotopic (exact) mass is 296 g/mol. The Bertz CT molecular complexity index is 502. The molecule has 5 nitrogen and oxygen atoms in total. The number of carbonyl (C=O) groups is 1. The van der Waals surface area contributed by atoms with E-state index in [4.69, 9.17) is 9.84 Å². The Morgan fingerprint density at radius 2 is 2.05 bits per heavy atom. The molecule has 1 aliphatic heterocycles. The number of hydrogen-bond donors (Lipinski definition) is 1. The molecule has 1 fully saturated rings. The summed E-state index contributed by atoms with van der Waals surface area (Å²) in [6.07, 6.45) is 0. The summed E-state index contributed by atoms with van der Waals surface area (Å²) in [7, 11) is 1.45. The van der Waals surface area contributed by atoms with Gasteiger partial charge >= 0.3 is 5.97 Å². The molecule has 116 valence electrons. The zero-order valence-corrected chi connectivity index (χ0v) is 12.4. The van der Waals surface area contributed by atoms with E-state index in [-0.39, 0.29) is 11.6 Å². The first-order valence-corrected chi connectivity index (χ1v) is 7.03. The summed E-state index contributed by atoms with van der Waals surface area (Å²) in [6.45, 7) is 5.36. The smallest absolute Gasteiger partial charge is 0.320 e. The highest BCUT2D eigenvalue weighted by molar-refractivity contribution is 5.72. The number of piperazine rings is 1. The molecule has 1 N–H and O–H groups in total. The van der Waals surface area contributed by atoms with Gasteiger partial charge in [0, 0.05) is 32.7 Å². The van der Waals surface area contributed by atoms with Gasteiger partial charge in [-0.1, -0.05) is 6.07 Å². The van der Waals surface area contributed by atoms with Gasteiger partial charge < -0.3 is 9.84 Å². The van der Waals surface area contributed by atoms with Crippen LogP contribution < -0.4 is 4.74 Å². The zero-order valence-electron chi connectivity index (χ0n) is 12.4. The van der Waals surface area contributed by atoms with E-state index in [9.17, 15) is 9.18 Å². The minimum Gasteiger partial charge on any atom is -0.494 e. The van der Waals surface area contributed by atoms with Gasteiger partial charge in [0.25, 0.3) is 0 Å². The Morgan fingerprint density at radius 3 is 2.57 bits per heavy atom. The number of ether oxygens (including phenoxy) is 1. The standard InChI is InChI=1S/C15H21FN2O3/c1-11(15(19)20)18-7-5-17(6-8-18)10-12-3-4-14(21-2)13(16)9-12/h3-4,9,11H,5-8,10H2,1-2H3,(H,19,20). The van der Waals surface area contributed by atoms with Crippen molar-refractivity contribution in [1.29, 1.82) is 0 Å². The first kappa shape index (κ1) is 15.7. The summed E-state index contributed by atoms with van der Waals surface area (Å²) in [5, 5.41) is 9.01. The topological polar surface area (TPSA) is 53.0 Å². The Kier molecular flexibility index (Phi) is 5.14. The lowest BCUT2D eigenvalue weighted by molar-refractivity contribution is -0.143. The molecule has 1 atom stereocenters. The number of carboxylic acid groups (broad SMARTS) is 1. The molecule has 0 spiro atoms. The second-order valence-corrected chi connectivity index (χ2v) is 5.30. The number of methoxy groups -OCH3 is 1. The lowest BCUT2D eigenvalue weighted by atomic mass is 10.1. The molecule has 0 aromatic heterocycles. The van der Waals surface area contributed by atoms with E-state index >= 15 is 0 Å². The van der Waals surface area contributed by atoms with Gasteiger partial charge in [0.05, 0.1) is 7.11 Å². The van der Waals surface area contributed by atoms with Crippen molar-refractivity contribution < 1.29 is 19.0 Å². The normalized spacial score (nSPS) is 18.4. The molecule has 0 radical (unpaired) electrons. The number of benzene rings is 1. The van der Waals surface area contributed by atoms with Crippen molar-refractivity contribution in [2.75, 3.05) is 33.3 Å². The number of aliphatic carboxylic acids is 1. The van der Waals surface area contributed by atoms with Crippen molar-refractivity contribution in [2.45, 2.75) is 19.5 Å². The molecule has 2 rings (SSSR count). The molecular formula is C15H21FN2O3. The molecule has 6 heteroatoms. The van der Waals surface area contributed by atoms with Crippen molar-refractivity contribution in [3.05, 3.63) is 29.6 Å². The van der Waals surface area contributed by atoms with Gasteiger partial charge in [-0.3, -0.25) is 14.6 Å². The van der Waals surface area contributed by atoms with Crippen molar-refractivity contribution in [2.24, 2.45) is 0 Å². The highest BCUT2D eigenvalue weighted by atomic mass is 19.1. The molecule has 21 heavy (non-hydrogen) atoms. The third-order valence-corrected chi connectivity index (χ3v) is 3.93. The number of carboxylic acids is 1. The Hall–Kier alpha value is -1.66. The van der Waals surface area contributed by atoms with Gasteiger partial charge in [-0.2, -0.15) is 0 Å². The summed E-state index contributed by atoms with van der Waals surface area (Å²) < 4.78 is 18.5. The predicted octanol–water partition coefficient (Wildman–Crippen LogP) is 1.43. The van der Waals surface area contributed by atoms with Crippen LogP contribution >= 0.6 is 0 Å². The summed E-state index contributed by atoms with van der Waals surface area (Å²) in [4.78, 5) is 15.1. The molecule has 0 aliphatic carbocycles. The van der Waals surface area contributed by atoms with Crippen molar-refractivity contribution in [3.8, 4) is 5.75 Å². The third-order valence-electron chi connectivity index (χ3n) is 3.93. The molecule has 1 aromatic rings. The highest BCUT2D eigenvalue weighted by Gasteiger charge is 2.25. The van der Waals surface area contributed by atoms with Gasteiger partial charge in [-0.05, 0) is 24.6 Å². The number of nitrogens with zero attached hydrogens (tertiary/aromatic N) is 2. The summed E-state index contributed by atoms with van der Waals surface area (Å²) in [6, 6.07) is 4.53. The second kappa shape index (κ2) is 6.87. The van der Waals surface area contributed by atoms with Crippen LogP contribution in [-0.2, 0) is 11.3 Å². The van der Waals surface area contributed by atoms with Crippen LogP contribution in [0.15, 0.2) is 18.2 Å². The zero-order chi connectivity index (χ0) is 15.4. The minimum absolute atomic E-state index is 0.249. The number of halogens is 1. The van der Waals surface area contributed by atoms with Crippen LogP contribution in [0.25, 0.3) is 0 Å². The minimum atomic E-state index is -0.791. The van der Waals surface area contributed by atoms with Gasteiger partial charge in [-0.25, -0.2) is 4.39 Å². The lowest BCUT2D eigenvalue weighted by Gasteiger charge is -2.36. The molecule has 1 aliphatic rings. The second-order valence-electron chi connectivity index (χ2n) is 5.30. The van der Waals surface area contributed by atoms with Crippen LogP contribution in [0, 0.1) is 5.82 Å². The highest BCUT2D eigenvalue weighted by Crippen LogP contribution is 2.19. The van der Waals surface area contributed by atoms with E-state index in [1.807, 2.05) is 11.0 Å². The van der Waals surface area contributed by atoms with Crippen molar-refractivity contribution in [3.63, 3.8) is 0 Å². The molecule has 1 unspecified atom stereocenters. The van der Waals surface area contributed by atoms with E-state index in [1.165, 1.54) is 13.2 Å². The quantitative estimate of drug-likeness (QED) is 0.891. The van der Waals surface area contributed by atoms with Gasteiger partial charge in [0.1, 0.15) is 6.04 Å². The summed E-state index contributed by atoms with van der Waals surface area (Å²) in [5.41, 5.74) is 0.896. The van der Waals surface area contributed by atoms with Crippen molar-refractivity contribution >= 4 is 5.97 Å². The fraction of sp³-hybridized carbons (Fsp3) is 0.533. The maximum Gasteiger partial charge on any atom is 0.320 e. The predicted molar refractivity (Wildman–Crippen MR) is 76.9 cm³/mol. The average molecular weight is 296 g/mol. The molecule has 1 saturated heterocycles. The summed E-state index contributed by atoms with van der Waals surface area (Å²) in [5.74, 6) is -0.896. The van der Waals surface area contributed by atoms with Gasteiger partial charge in [-0.15, -0.1) is 0 Å². The number of rotatable bonds is 5. The van der Waals surface area contributed by atoms with E-state index < -0.39 is 12.0 Å². The third kappa shape index (κ3) is 3.92. The number of hydrogen-bond acceptors (Lipinski definition) is 4. The van der Waals surface area contributed by atoms with Gasteiger partial charge in [0.15, 0.2) is 11.6 Å². The summed E-state index contributed by atoms with van der Waals surface area (Å²) >= 11 is 0. The Morgan fingerprint density at radius 1 is 1.38 bits per heavy atom. The molecule has 0 amide bonds. The van der Waals surface area contributed by atoms with Crippen LogP contribution in [0.1, 0.15) is 12.5 Å². The largest absolute Gasteiger partial charge is 0.494 e. The Balaban J connectivity index is 1.89. The molecular weight excluding hydrogens is 275 g/mol. The fourth-order valence-corrected chi connectivity index (χ4v) is 2.53. The SMILES string of the molecule is COc1ccc(CN2CCN(C(C)C(=O)O)CC2)cc1F. The van der Waals surface area contributed by atoms with Crippen LogP contribution in [0.2, 0.25) is 0 Å². The van der Waals surface area contributed by atoms with Crippen LogP contribution in [0.4, 0.5) is 4.39 Å². The molecule has 0 bridgehead atoms. The van der Waals surface area contributed by atoms with Crippen molar-refractivity contribution in [1.82, 2.24) is 9.80 Å². The van der Waals surface area contributed by atoms with Crippen LogP contribution in [-0.4, -0.2) is 60.2 Å². The van der Waals surface area contributed by atoms with Gasteiger partial charge in [0.2, 0.25) is 0 Å². The van der Waals surface area contributed by atoms with E-state index in [0.717, 1.165) is 18.7 Å². The first-order valence-electron chi connectivity index (χ1n) is 7.03. The molecule has 1 heterocycles. The maximum absolute atomic E-state index is 13.6. The van der Waals surface area contributed by atoms with Crippen LogP contribution in [0.5, 0.6) is 5.75 Å². The lowest BCUT2D eigenvalue weighted by Crippen LogP contribution is -2.51. The van der Waals surface area contributed by atoms with E-state index in [2.05, 4.69) is 4.90 Å². The van der Waals surface area contributed by atoms with E-state index in [1.54, 1.807) is 13.0 Å². The molecule has 1 aromatic carbocycles. The fourth-order valence-electron chi connectivity index (χ4n) is 2.53.